The molecule has 0 aliphatic rings. The van der Waals surface area contributed by atoms with Crippen molar-refractivity contribution < 1.29 is 32.9 Å². The number of carbonyl (C=O) groups excluding carboxylic acids is 1. The van der Waals surface area contributed by atoms with Crippen molar-refractivity contribution in [1.82, 2.24) is 5.32 Å². The number of unbranched alkanes of at least 4 members (excludes halogenated alkanes) is 41. The number of likely N-dealkylation sites (N-methyl/N-ethyl adjacent to an activating group) is 1. The third-order valence-corrected chi connectivity index (χ3v) is 14.9. The van der Waals surface area contributed by atoms with Gasteiger partial charge in [0.25, 0.3) is 0 Å². The van der Waals surface area contributed by atoms with Crippen molar-refractivity contribution >= 4 is 13.7 Å². The summed E-state index contributed by atoms with van der Waals surface area (Å²) in [5, 5.41) is 13.9. The molecule has 0 rings (SSSR count). The first-order chi connectivity index (χ1) is 33.5. The molecule has 0 saturated carbocycles. The van der Waals surface area contributed by atoms with Gasteiger partial charge in [0.1, 0.15) is 13.2 Å². The zero-order chi connectivity index (χ0) is 50.6. The summed E-state index contributed by atoms with van der Waals surface area (Å²) in [6.07, 6.45) is 65.8. The molecule has 0 bridgehead atoms. The summed E-state index contributed by atoms with van der Waals surface area (Å²) in [5.74, 6) is -0.180. The fourth-order valence-corrected chi connectivity index (χ4v) is 9.92. The number of aliphatic hydroxyl groups excluding tert-OH is 1. The lowest BCUT2D eigenvalue weighted by atomic mass is 10.0. The first-order valence-corrected chi connectivity index (χ1v) is 31.7. The molecule has 3 unspecified atom stereocenters. The van der Waals surface area contributed by atoms with E-state index in [0.29, 0.717) is 17.4 Å². The number of carbonyl (C=O) groups is 1. The van der Waals surface area contributed by atoms with Gasteiger partial charge in [0.2, 0.25) is 5.91 Å². The zero-order valence-corrected chi connectivity index (χ0v) is 47.7. The molecular formula is C60H120N2O6P+. The Morgan fingerprint density at radius 3 is 1.16 bits per heavy atom. The Bertz CT molecular complexity index is 1170. The monoisotopic (exact) mass is 996 g/mol. The standard InChI is InChI=1S/C60H119N2O6P/c1-6-8-10-12-14-16-18-20-22-24-26-28-30-31-32-33-35-37-39-41-43-45-47-49-51-53-59(63)58(57-68-69(65,66)67-56-55-62(3,4)5)61-60(64)54-52-50-48-46-44-42-40-38-36-34-29-27-25-23-21-19-17-15-13-11-9-7-2/h43,45,51,53,58-59,63H,6-42,44,46-50,52,54-57H2,1-5H3,(H-,61,64,65,66)/p+1/b45-43+,53-51+. The van der Waals surface area contributed by atoms with Gasteiger partial charge >= 0.3 is 7.82 Å². The van der Waals surface area contributed by atoms with Gasteiger partial charge in [0.15, 0.2) is 0 Å². The van der Waals surface area contributed by atoms with Gasteiger partial charge in [-0.05, 0) is 32.1 Å². The molecule has 0 radical (unpaired) electrons. The normalized spacial score (nSPS) is 14.0. The molecular weight excluding hydrogens is 876 g/mol. The van der Waals surface area contributed by atoms with E-state index in [2.05, 4.69) is 31.3 Å². The molecule has 69 heavy (non-hydrogen) atoms. The van der Waals surface area contributed by atoms with Crippen molar-refractivity contribution in [2.75, 3.05) is 40.9 Å². The van der Waals surface area contributed by atoms with Crippen LogP contribution in [0, 0.1) is 0 Å². The average molecular weight is 997 g/mol. The third kappa shape index (κ3) is 54.6. The molecule has 0 aromatic carbocycles. The van der Waals surface area contributed by atoms with E-state index in [1.807, 2.05) is 27.2 Å². The minimum Gasteiger partial charge on any atom is -0.387 e. The fourth-order valence-electron chi connectivity index (χ4n) is 9.18. The maximum atomic E-state index is 13.0. The van der Waals surface area contributed by atoms with Crippen LogP contribution in [-0.2, 0) is 18.4 Å². The van der Waals surface area contributed by atoms with E-state index in [0.717, 1.165) is 38.5 Å². The van der Waals surface area contributed by atoms with E-state index in [-0.39, 0.29) is 19.1 Å². The molecule has 0 aromatic heterocycles. The van der Waals surface area contributed by atoms with Crippen LogP contribution in [0.1, 0.15) is 303 Å². The van der Waals surface area contributed by atoms with Gasteiger partial charge in [-0.15, -0.1) is 0 Å². The molecule has 3 atom stereocenters. The van der Waals surface area contributed by atoms with Crippen LogP contribution in [0.3, 0.4) is 0 Å². The largest absolute Gasteiger partial charge is 0.472 e. The Morgan fingerprint density at radius 2 is 0.797 bits per heavy atom. The Kier molecular flexibility index (Phi) is 51.1. The van der Waals surface area contributed by atoms with Crippen molar-refractivity contribution in [3.05, 3.63) is 24.3 Å². The summed E-state index contributed by atoms with van der Waals surface area (Å²) < 4.78 is 23.7. The van der Waals surface area contributed by atoms with Crippen LogP contribution >= 0.6 is 7.82 Å². The molecule has 0 aromatic rings. The van der Waals surface area contributed by atoms with Crippen LogP contribution in [0.2, 0.25) is 0 Å². The summed E-state index contributed by atoms with van der Waals surface area (Å²) in [5.41, 5.74) is 0. The highest BCUT2D eigenvalue weighted by molar-refractivity contribution is 7.47. The van der Waals surface area contributed by atoms with Crippen LogP contribution in [0.4, 0.5) is 0 Å². The lowest BCUT2D eigenvalue weighted by Gasteiger charge is -2.25. The average Bonchev–Trinajstić information content (AvgIpc) is 3.31. The number of allylic oxidation sites excluding steroid dienone is 3. The van der Waals surface area contributed by atoms with Gasteiger partial charge in [0.05, 0.1) is 39.9 Å². The number of hydrogen-bond donors (Lipinski definition) is 3. The van der Waals surface area contributed by atoms with E-state index in [1.165, 1.54) is 244 Å². The Balaban J connectivity index is 4.20. The fraction of sp³-hybridized carbons (Fsp3) is 0.917. The highest BCUT2D eigenvalue weighted by Crippen LogP contribution is 2.43. The maximum Gasteiger partial charge on any atom is 0.472 e. The van der Waals surface area contributed by atoms with Crippen LogP contribution in [0.25, 0.3) is 0 Å². The lowest BCUT2D eigenvalue weighted by Crippen LogP contribution is -2.45. The first kappa shape index (κ1) is 68.0. The second-order valence-corrected chi connectivity index (χ2v) is 23.5. The topological polar surface area (TPSA) is 105 Å². The maximum absolute atomic E-state index is 13.0. The van der Waals surface area contributed by atoms with Crippen LogP contribution in [0.5, 0.6) is 0 Å². The van der Waals surface area contributed by atoms with E-state index < -0.39 is 20.0 Å². The number of nitrogens with zero attached hydrogens (tertiary/aromatic N) is 1. The minimum absolute atomic E-state index is 0.0589. The molecule has 0 saturated heterocycles. The van der Waals surface area contributed by atoms with Gasteiger partial charge in [-0.3, -0.25) is 13.8 Å². The smallest absolute Gasteiger partial charge is 0.387 e. The number of aliphatic hydroxyl groups is 1. The number of phosphoric acid groups is 1. The van der Waals surface area contributed by atoms with Crippen LogP contribution in [0.15, 0.2) is 24.3 Å². The van der Waals surface area contributed by atoms with Gasteiger partial charge in [-0.2, -0.15) is 0 Å². The number of amides is 1. The number of quaternary nitrogens is 1. The lowest BCUT2D eigenvalue weighted by molar-refractivity contribution is -0.870. The summed E-state index contributed by atoms with van der Waals surface area (Å²) in [7, 11) is 1.57. The molecule has 0 heterocycles. The second kappa shape index (κ2) is 51.9. The molecule has 0 aliphatic heterocycles. The highest BCUT2D eigenvalue weighted by atomic mass is 31.2. The SMILES string of the molecule is CCCCCCCCCCCCCCCCCCCCC/C=C/CC/C=C/C(O)C(COP(=O)(O)OCC[N+](C)(C)C)NC(=O)CCCCCCCCCCCCCCCCCCCCCCCC. The summed E-state index contributed by atoms with van der Waals surface area (Å²) in [6.45, 7) is 4.85. The van der Waals surface area contributed by atoms with Gasteiger partial charge in [-0.25, -0.2) is 4.57 Å². The minimum atomic E-state index is -4.35. The highest BCUT2D eigenvalue weighted by Gasteiger charge is 2.27. The van der Waals surface area contributed by atoms with Crippen molar-refractivity contribution in [3.8, 4) is 0 Å². The van der Waals surface area contributed by atoms with Gasteiger partial charge in [0, 0.05) is 6.42 Å². The van der Waals surface area contributed by atoms with Crippen molar-refractivity contribution in [2.45, 2.75) is 315 Å². The van der Waals surface area contributed by atoms with Crippen molar-refractivity contribution in [3.63, 3.8) is 0 Å². The van der Waals surface area contributed by atoms with Gasteiger partial charge in [-0.1, -0.05) is 289 Å². The molecule has 410 valence electrons. The van der Waals surface area contributed by atoms with Crippen molar-refractivity contribution in [1.29, 1.82) is 0 Å². The molecule has 3 N–H and O–H groups in total. The van der Waals surface area contributed by atoms with Crippen molar-refractivity contribution in [2.24, 2.45) is 0 Å². The van der Waals surface area contributed by atoms with Crippen LogP contribution < -0.4 is 5.32 Å². The molecule has 0 aliphatic carbocycles. The Morgan fingerprint density at radius 1 is 0.478 bits per heavy atom. The molecule has 0 fully saturated rings. The Labute approximate surface area is 430 Å². The predicted octanol–water partition coefficient (Wildman–Crippen LogP) is 18.4. The molecule has 9 heteroatoms. The summed E-state index contributed by atoms with van der Waals surface area (Å²) >= 11 is 0. The zero-order valence-electron chi connectivity index (χ0n) is 46.8. The molecule has 8 nitrogen and oxygen atoms in total. The van der Waals surface area contributed by atoms with Gasteiger partial charge < -0.3 is 19.8 Å². The molecule has 0 spiro atoms. The van der Waals surface area contributed by atoms with E-state index in [4.69, 9.17) is 9.05 Å². The molecule has 1 amide bonds. The van der Waals surface area contributed by atoms with E-state index in [9.17, 15) is 19.4 Å². The number of hydrogen-bond acceptors (Lipinski definition) is 5. The number of rotatable bonds is 56. The Hall–Kier alpha value is -1.02. The number of phosphoric ester groups is 1. The summed E-state index contributed by atoms with van der Waals surface area (Å²) in [4.78, 5) is 23.3. The second-order valence-electron chi connectivity index (χ2n) is 22.1. The van der Waals surface area contributed by atoms with Crippen LogP contribution in [-0.4, -0.2) is 73.4 Å². The van der Waals surface area contributed by atoms with E-state index in [1.54, 1.807) is 6.08 Å². The first-order valence-electron chi connectivity index (χ1n) is 30.2. The predicted molar refractivity (Wildman–Crippen MR) is 300 cm³/mol. The quantitative estimate of drug-likeness (QED) is 0.0243. The third-order valence-electron chi connectivity index (χ3n) is 13.9. The number of nitrogens with one attached hydrogen (secondary N) is 1. The summed E-state index contributed by atoms with van der Waals surface area (Å²) in [6, 6.07) is -0.860. The van der Waals surface area contributed by atoms with E-state index >= 15 is 0 Å².